The summed E-state index contributed by atoms with van der Waals surface area (Å²) in [6.07, 6.45) is 2.27. The molecule has 0 spiro atoms. The molecule has 0 aliphatic carbocycles. The third-order valence-corrected chi connectivity index (χ3v) is 4.62. The zero-order valence-corrected chi connectivity index (χ0v) is 12.6. The summed E-state index contributed by atoms with van der Waals surface area (Å²) in [5.41, 5.74) is -1.39. The predicted octanol–water partition coefficient (Wildman–Crippen LogP) is 2.78. The van der Waals surface area contributed by atoms with Crippen molar-refractivity contribution in [3.05, 3.63) is 41.7 Å². The van der Waals surface area contributed by atoms with Crippen LogP contribution in [0.3, 0.4) is 0 Å². The van der Waals surface area contributed by atoms with Crippen LogP contribution in [0, 0.1) is 5.82 Å². The summed E-state index contributed by atoms with van der Waals surface area (Å²) in [7, 11) is 0. The van der Waals surface area contributed by atoms with Crippen LogP contribution < -0.4 is 9.64 Å². The molecule has 5 nitrogen and oxygen atoms in total. The Morgan fingerprint density at radius 3 is 2.68 bits per heavy atom. The van der Waals surface area contributed by atoms with Crippen LogP contribution in [0.1, 0.15) is 12.8 Å². The molecule has 3 rings (SSSR count). The number of piperidine rings is 1. The highest BCUT2D eigenvalue weighted by atomic mass is 32.1. The molecule has 1 aromatic carbocycles. The molecule has 1 saturated heterocycles. The van der Waals surface area contributed by atoms with Crippen molar-refractivity contribution in [2.45, 2.75) is 18.4 Å². The monoisotopic (exact) mass is 322 g/mol. The Balaban J connectivity index is 1.77. The van der Waals surface area contributed by atoms with Gasteiger partial charge in [-0.25, -0.2) is 14.2 Å². The standard InChI is InChI=1S/C15H15FN2O3S/c16-11-3-1-2-4-12(11)21-15(13(19)20)5-8-18(9-6-15)14-17-7-10-22-14/h1-4,7,10H,5-6,8-9H2,(H,19,20). The van der Waals surface area contributed by atoms with Crippen LogP contribution in [-0.2, 0) is 4.79 Å². The van der Waals surface area contributed by atoms with Gasteiger partial charge in [0, 0.05) is 37.5 Å². The zero-order chi connectivity index (χ0) is 15.6. The maximum atomic E-state index is 13.7. The maximum absolute atomic E-state index is 13.7. The maximum Gasteiger partial charge on any atom is 0.348 e. The highest BCUT2D eigenvalue weighted by molar-refractivity contribution is 7.13. The molecule has 1 aliphatic heterocycles. The Morgan fingerprint density at radius 2 is 2.09 bits per heavy atom. The van der Waals surface area contributed by atoms with Gasteiger partial charge in [-0.15, -0.1) is 11.3 Å². The van der Waals surface area contributed by atoms with Crippen molar-refractivity contribution < 1.29 is 19.0 Å². The molecule has 116 valence electrons. The van der Waals surface area contributed by atoms with Crippen molar-refractivity contribution in [3.8, 4) is 5.75 Å². The summed E-state index contributed by atoms with van der Waals surface area (Å²) in [4.78, 5) is 18.0. The van der Waals surface area contributed by atoms with Crippen LogP contribution >= 0.6 is 11.3 Å². The van der Waals surface area contributed by atoms with E-state index in [1.165, 1.54) is 23.5 Å². The topological polar surface area (TPSA) is 62.7 Å². The number of anilines is 1. The largest absolute Gasteiger partial charge is 0.478 e. The first-order chi connectivity index (χ1) is 10.6. The van der Waals surface area contributed by atoms with E-state index in [1.54, 1.807) is 18.3 Å². The Labute approximate surface area is 131 Å². The van der Waals surface area contributed by atoms with E-state index in [4.69, 9.17) is 4.74 Å². The summed E-state index contributed by atoms with van der Waals surface area (Å²) in [6, 6.07) is 5.88. The van der Waals surface area contributed by atoms with Crippen LogP contribution in [-0.4, -0.2) is 34.8 Å². The summed E-state index contributed by atoms with van der Waals surface area (Å²) in [5.74, 6) is -1.63. The number of rotatable bonds is 4. The van der Waals surface area contributed by atoms with Crippen LogP contribution in [0.15, 0.2) is 35.8 Å². The lowest BCUT2D eigenvalue weighted by atomic mass is 9.91. The Kier molecular flexibility index (Phi) is 3.98. The molecule has 0 atom stereocenters. The molecule has 7 heteroatoms. The van der Waals surface area contributed by atoms with E-state index >= 15 is 0 Å². The lowest BCUT2D eigenvalue weighted by molar-refractivity contribution is -0.157. The smallest absolute Gasteiger partial charge is 0.348 e. The quantitative estimate of drug-likeness (QED) is 0.938. The van der Waals surface area contributed by atoms with Crippen LogP contribution in [0.4, 0.5) is 9.52 Å². The van der Waals surface area contributed by atoms with E-state index in [-0.39, 0.29) is 18.6 Å². The Morgan fingerprint density at radius 1 is 1.36 bits per heavy atom. The third-order valence-electron chi connectivity index (χ3n) is 3.79. The average Bonchev–Trinajstić information content (AvgIpc) is 3.04. The van der Waals surface area contributed by atoms with Crippen molar-refractivity contribution in [2.24, 2.45) is 0 Å². The second kappa shape index (κ2) is 5.92. The molecule has 1 N–H and O–H groups in total. The number of halogens is 1. The number of thiazole rings is 1. The lowest BCUT2D eigenvalue weighted by Gasteiger charge is -2.38. The van der Waals surface area contributed by atoms with Gasteiger partial charge in [0.15, 0.2) is 16.7 Å². The fraction of sp³-hybridized carbons (Fsp3) is 0.333. The number of carboxylic acids is 1. The molecule has 0 amide bonds. The first-order valence-corrected chi connectivity index (χ1v) is 7.80. The highest BCUT2D eigenvalue weighted by Gasteiger charge is 2.44. The summed E-state index contributed by atoms with van der Waals surface area (Å²) in [5, 5.41) is 12.3. The minimum atomic E-state index is -1.39. The first kappa shape index (κ1) is 14.8. The second-order valence-corrected chi connectivity index (χ2v) is 6.01. The number of aromatic nitrogens is 1. The van der Waals surface area contributed by atoms with Gasteiger partial charge in [-0.05, 0) is 12.1 Å². The fourth-order valence-electron chi connectivity index (χ4n) is 2.53. The van der Waals surface area contributed by atoms with E-state index in [0.717, 1.165) is 5.13 Å². The third kappa shape index (κ3) is 2.76. The van der Waals surface area contributed by atoms with E-state index < -0.39 is 17.4 Å². The average molecular weight is 322 g/mol. The molecule has 0 bridgehead atoms. The normalized spacial score (nSPS) is 17.2. The van der Waals surface area contributed by atoms with Gasteiger partial charge in [0.2, 0.25) is 5.60 Å². The van der Waals surface area contributed by atoms with Gasteiger partial charge in [-0.3, -0.25) is 0 Å². The minimum absolute atomic E-state index is 0.0207. The number of para-hydroxylation sites is 1. The summed E-state index contributed by atoms with van der Waals surface area (Å²) in [6.45, 7) is 1.02. The molecular weight excluding hydrogens is 307 g/mol. The lowest BCUT2D eigenvalue weighted by Crippen LogP contribution is -2.53. The number of carbonyl (C=O) groups is 1. The van der Waals surface area contributed by atoms with Gasteiger partial charge in [0.05, 0.1) is 0 Å². The Bertz CT molecular complexity index is 655. The summed E-state index contributed by atoms with van der Waals surface area (Å²) >= 11 is 1.51. The van der Waals surface area contributed by atoms with Crippen molar-refractivity contribution in [1.29, 1.82) is 0 Å². The number of benzene rings is 1. The van der Waals surface area contributed by atoms with Crippen LogP contribution in [0.25, 0.3) is 0 Å². The minimum Gasteiger partial charge on any atom is -0.478 e. The van der Waals surface area contributed by atoms with Gasteiger partial charge in [-0.2, -0.15) is 0 Å². The molecular formula is C15H15FN2O3S. The van der Waals surface area contributed by atoms with Crippen molar-refractivity contribution >= 4 is 22.4 Å². The van der Waals surface area contributed by atoms with Gasteiger partial charge < -0.3 is 14.7 Å². The molecule has 1 aliphatic rings. The van der Waals surface area contributed by atoms with Crippen LogP contribution in [0.5, 0.6) is 5.75 Å². The predicted molar refractivity (Wildman–Crippen MR) is 81.0 cm³/mol. The molecule has 2 aromatic rings. The number of hydrogen-bond donors (Lipinski definition) is 1. The molecule has 1 fully saturated rings. The van der Waals surface area contributed by atoms with E-state index in [1.807, 2.05) is 10.3 Å². The van der Waals surface area contributed by atoms with E-state index in [9.17, 15) is 14.3 Å². The van der Waals surface area contributed by atoms with Crippen molar-refractivity contribution in [3.63, 3.8) is 0 Å². The molecule has 2 heterocycles. The number of carboxylic acid groups (broad SMARTS) is 1. The van der Waals surface area contributed by atoms with Gasteiger partial charge in [-0.1, -0.05) is 12.1 Å². The van der Waals surface area contributed by atoms with E-state index in [0.29, 0.717) is 13.1 Å². The first-order valence-electron chi connectivity index (χ1n) is 6.92. The SMILES string of the molecule is O=C(O)C1(Oc2ccccc2F)CCN(c2nccs2)CC1. The number of ether oxygens (including phenoxy) is 1. The zero-order valence-electron chi connectivity index (χ0n) is 11.7. The highest BCUT2D eigenvalue weighted by Crippen LogP contribution is 2.32. The summed E-state index contributed by atoms with van der Waals surface area (Å²) < 4.78 is 19.3. The molecule has 22 heavy (non-hydrogen) atoms. The fourth-order valence-corrected chi connectivity index (χ4v) is 3.23. The molecule has 0 saturated carbocycles. The molecule has 0 radical (unpaired) electrons. The van der Waals surface area contributed by atoms with Gasteiger partial charge in [0.25, 0.3) is 0 Å². The van der Waals surface area contributed by atoms with Gasteiger partial charge in [0.1, 0.15) is 0 Å². The number of nitrogens with zero attached hydrogens (tertiary/aromatic N) is 2. The van der Waals surface area contributed by atoms with Gasteiger partial charge >= 0.3 is 5.97 Å². The number of aliphatic carboxylic acids is 1. The van der Waals surface area contributed by atoms with Crippen molar-refractivity contribution in [2.75, 3.05) is 18.0 Å². The van der Waals surface area contributed by atoms with Crippen molar-refractivity contribution in [1.82, 2.24) is 4.98 Å². The molecule has 0 unspecified atom stereocenters. The molecule has 1 aromatic heterocycles. The van der Waals surface area contributed by atoms with E-state index in [2.05, 4.69) is 4.98 Å². The number of hydrogen-bond acceptors (Lipinski definition) is 5. The Hall–Kier alpha value is -2.15. The second-order valence-electron chi connectivity index (χ2n) is 5.13. The van der Waals surface area contributed by atoms with Crippen LogP contribution in [0.2, 0.25) is 0 Å².